The van der Waals surface area contributed by atoms with Crippen molar-refractivity contribution < 1.29 is 0 Å². The van der Waals surface area contributed by atoms with Gasteiger partial charge in [-0.1, -0.05) is 0 Å². The summed E-state index contributed by atoms with van der Waals surface area (Å²) >= 11 is 0. The van der Waals surface area contributed by atoms with Gasteiger partial charge < -0.3 is 0 Å². The van der Waals surface area contributed by atoms with Crippen molar-refractivity contribution in [1.29, 1.82) is 0 Å². The molecule has 64 valence electrons. The molecule has 0 radical (unpaired) electrons. The maximum atomic E-state index is 4.28. The van der Waals surface area contributed by atoms with Crippen LogP contribution in [0.5, 0.6) is 0 Å². The summed E-state index contributed by atoms with van der Waals surface area (Å²) < 4.78 is 0. The first-order valence-corrected chi connectivity index (χ1v) is 4.03. The van der Waals surface area contributed by atoms with Crippen LogP contribution in [0.4, 0.5) is 0 Å². The Bertz CT molecular complexity index is 292. The minimum absolute atomic E-state index is 0.801. The van der Waals surface area contributed by atoms with Crippen LogP contribution in [0, 0.1) is 6.92 Å². The van der Waals surface area contributed by atoms with Crippen molar-refractivity contribution in [3.05, 3.63) is 23.8 Å². The van der Waals surface area contributed by atoms with E-state index in [4.69, 9.17) is 0 Å². The van der Waals surface area contributed by atoms with E-state index in [1.807, 2.05) is 20.8 Å². The topological polar surface area (TPSA) is 38.1 Å². The van der Waals surface area contributed by atoms with E-state index < -0.39 is 0 Å². The van der Waals surface area contributed by atoms with Crippen molar-refractivity contribution in [3.8, 4) is 0 Å². The Morgan fingerprint density at radius 3 is 2.92 bits per heavy atom. The van der Waals surface area contributed by atoms with Crippen molar-refractivity contribution in [2.75, 3.05) is 6.54 Å². The van der Waals surface area contributed by atoms with Gasteiger partial charge >= 0.3 is 0 Å². The largest absolute Gasteiger partial charge is 0.288 e. The number of aromatic nitrogens is 2. The molecular formula is C9H13N3. The smallest absolute Gasteiger partial charge is 0.116 e. The highest BCUT2D eigenvalue weighted by molar-refractivity contribution is 5.97. The van der Waals surface area contributed by atoms with Gasteiger partial charge in [-0.2, -0.15) is 0 Å². The molecule has 1 heterocycles. The molecule has 1 aromatic heterocycles. The van der Waals surface area contributed by atoms with E-state index in [1.165, 1.54) is 0 Å². The molecule has 0 aliphatic heterocycles. The van der Waals surface area contributed by atoms with Gasteiger partial charge in [-0.25, -0.2) is 9.97 Å². The average Bonchev–Trinajstić information content (AvgIpc) is 2.05. The number of nitrogens with zero attached hydrogens (tertiary/aromatic N) is 3. The van der Waals surface area contributed by atoms with Crippen LogP contribution in [0.3, 0.4) is 0 Å². The van der Waals surface area contributed by atoms with Crippen LogP contribution in [-0.2, 0) is 0 Å². The first-order valence-electron chi connectivity index (χ1n) is 4.03. The lowest BCUT2D eigenvalue weighted by molar-refractivity contribution is 1.08. The highest BCUT2D eigenvalue weighted by Crippen LogP contribution is 2.02. The number of hydrogen-bond acceptors (Lipinski definition) is 3. The standard InChI is InChI=1S/C9H13N3/c1-4-11-8(3)9-7(2)5-10-6-12-9/h5-6H,4H2,1-3H3. The Morgan fingerprint density at radius 2 is 2.33 bits per heavy atom. The van der Waals surface area contributed by atoms with Gasteiger partial charge in [-0.3, -0.25) is 4.99 Å². The first-order chi connectivity index (χ1) is 5.75. The van der Waals surface area contributed by atoms with Gasteiger partial charge in [0, 0.05) is 12.7 Å². The van der Waals surface area contributed by atoms with Gasteiger partial charge in [-0.15, -0.1) is 0 Å². The molecule has 0 aromatic carbocycles. The normalized spacial score (nSPS) is 11.8. The second kappa shape index (κ2) is 3.95. The van der Waals surface area contributed by atoms with E-state index >= 15 is 0 Å². The van der Waals surface area contributed by atoms with Gasteiger partial charge in [-0.05, 0) is 26.3 Å². The maximum absolute atomic E-state index is 4.28. The Labute approximate surface area is 72.6 Å². The van der Waals surface area contributed by atoms with E-state index in [-0.39, 0.29) is 0 Å². The molecule has 0 amide bonds. The molecular weight excluding hydrogens is 150 g/mol. The third kappa shape index (κ3) is 1.87. The van der Waals surface area contributed by atoms with Crippen LogP contribution in [0.1, 0.15) is 25.1 Å². The summed E-state index contributed by atoms with van der Waals surface area (Å²) in [6, 6.07) is 0. The Balaban J connectivity index is 3.02. The lowest BCUT2D eigenvalue weighted by atomic mass is 10.2. The molecule has 0 spiro atoms. The molecule has 0 saturated carbocycles. The fraction of sp³-hybridized carbons (Fsp3) is 0.444. The second-order valence-electron chi connectivity index (χ2n) is 2.61. The third-order valence-electron chi connectivity index (χ3n) is 1.63. The summed E-state index contributed by atoms with van der Waals surface area (Å²) in [6.45, 7) is 6.78. The number of rotatable bonds is 2. The highest BCUT2D eigenvalue weighted by atomic mass is 14.8. The van der Waals surface area contributed by atoms with Crippen molar-refractivity contribution in [3.63, 3.8) is 0 Å². The molecule has 0 bridgehead atoms. The van der Waals surface area contributed by atoms with Crippen molar-refractivity contribution in [1.82, 2.24) is 9.97 Å². The molecule has 0 atom stereocenters. The van der Waals surface area contributed by atoms with Crippen LogP contribution in [0.25, 0.3) is 0 Å². The lowest BCUT2D eigenvalue weighted by Crippen LogP contribution is -2.02. The van der Waals surface area contributed by atoms with Gasteiger partial charge in [0.1, 0.15) is 6.33 Å². The monoisotopic (exact) mass is 163 g/mol. The molecule has 0 aliphatic carbocycles. The zero-order chi connectivity index (χ0) is 8.97. The van der Waals surface area contributed by atoms with E-state index in [9.17, 15) is 0 Å². The van der Waals surface area contributed by atoms with Crippen LogP contribution >= 0.6 is 0 Å². The molecule has 1 aromatic rings. The Kier molecular flexibility index (Phi) is 2.91. The Hall–Kier alpha value is -1.25. The predicted octanol–water partition coefficient (Wildman–Crippen LogP) is 1.61. The van der Waals surface area contributed by atoms with Crippen LogP contribution < -0.4 is 0 Å². The van der Waals surface area contributed by atoms with Crippen molar-refractivity contribution >= 4 is 5.71 Å². The number of aliphatic imine (C=N–C) groups is 1. The minimum Gasteiger partial charge on any atom is -0.288 e. The number of aryl methyl sites for hydroxylation is 1. The van der Waals surface area contributed by atoms with Crippen molar-refractivity contribution in [2.45, 2.75) is 20.8 Å². The second-order valence-corrected chi connectivity index (χ2v) is 2.61. The molecule has 3 heteroatoms. The molecule has 1 rings (SSSR count). The summed E-state index contributed by atoms with van der Waals surface area (Å²) in [5, 5.41) is 0. The summed E-state index contributed by atoms with van der Waals surface area (Å²) in [4.78, 5) is 12.4. The molecule has 0 N–H and O–H groups in total. The fourth-order valence-corrected chi connectivity index (χ4v) is 1.09. The van der Waals surface area contributed by atoms with Gasteiger partial charge in [0.2, 0.25) is 0 Å². The van der Waals surface area contributed by atoms with Gasteiger partial charge in [0.15, 0.2) is 0 Å². The average molecular weight is 163 g/mol. The zero-order valence-corrected chi connectivity index (χ0v) is 7.70. The van der Waals surface area contributed by atoms with E-state index in [2.05, 4.69) is 15.0 Å². The summed E-state index contributed by atoms with van der Waals surface area (Å²) in [7, 11) is 0. The van der Waals surface area contributed by atoms with Crippen LogP contribution in [0.15, 0.2) is 17.5 Å². The number of hydrogen-bond donors (Lipinski definition) is 0. The zero-order valence-electron chi connectivity index (χ0n) is 7.70. The molecule has 0 saturated heterocycles. The Morgan fingerprint density at radius 1 is 1.58 bits per heavy atom. The van der Waals surface area contributed by atoms with Gasteiger partial charge in [0.05, 0.1) is 11.4 Å². The van der Waals surface area contributed by atoms with E-state index in [0.29, 0.717) is 0 Å². The minimum atomic E-state index is 0.801. The van der Waals surface area contributed by atoms with Crippen LogP contribution in [-0.4, -0.2) is 22.2 Å². The molecule has 0 aliphatic rings. The fourth-order valence-electron chi connectivity index (χ4n) is 1.09. The SMILES string of the molecule is CCN=C(C)c1ncncc1C. The molecule has 0 fully saturated rings. The van der Waals surface area contributed by atoms with Crippen LogP contribution in [0.2, 0.25) is 0 Å². The first kappa shape index (κ1) is 8.84. The maximum Gasteiger partial charge on any atom is 0.116 e. The summed E-state index contributed by atoms with van der Waals surface area (Å²) in [5.41, 5.74) is 3.01. The van der Waals surface area contributed by atoms with E-state index in [1.54, 1.807) is 12.5 Å². The highest BCUT2D eigenvalue weighted by Gasteiger charge is 2.01. The molecule has 3 nitrogen and oxygen atoms in total. The molecule has 12 heavy (non-hydrogen) atoms. The van der Waals surface area contributed by atoms with E-state index in [0.717, 1.165) is 23.5 Å². The van der Waals surface area contributed by atoms with Gasteiger partial charge in [0.25, 0.3) is 0 Å². The summed E-state index contributed by atoms with van der Waals surface area (Å²) in [6.07, 6.45) is 3.36. The predicted molar refractivity (Wildman–Crippen MR) is 49.5 cm³/mol. The van der Waals surface area contributed by atoms with Crippen molar-refractivity contribution in [2.24, 2.45) is 4.99 Å². The third-order valence-corrected chi connectivity index (χ3v) is 1.63. The summed E-state index contributed by atoms with van der Waals surface area (Å²) in [5.74, 6) is 0. The molecule has 0 unspecified atom stereocenters. The lowest BCUT2D eigenvalue weighted by Gasteiger charge is -2.01. The quantitative estimate of drug-likeness (QED) is 0.621.